The van der Waals surface area contributed by atoms with Crippen molar-refractivity contribution in [2.24, 2.45) is 0 Å². The number of nitrogens with zero attached hydrogens (tertiary/aromatic N) is 1. The molecule has 1 heterocycles. The monoisotopic (exact) mass is 359 g/mol. The Morgan fingerprint density at radius 1 is 1.20 bits per heavy atom. The van der Waals surface area contributed by atoms with Crippen molar-refractivity contribution in [1.82, 2.24) is 0 Å². The molecular weight excluding hydrogens is 341 g/mol. The van der Waals surface area contributed by atoms with E-state index in [1.54, 1.807) is 24.3 Å². The van der Waals surface area contributed by atoms with Gasteiger partial charge in [0.15, 0.2) is 0 Å². The van der Waals surface area contributed by atoms with Gasteiger partial charge in [0.1, 0.15) is 17.2 Å². The van der Waals surface area contributed by atoms with Crippen molar-refractivity contribution in [2.75, 3.05) is 17.6 Å². The number of allylic oxidation sites excluding steroid dienone is 1. The molecule has 4 nitrogen and oxygen atoms in total. The number of halogens is 1. The number of hydrogen-bond donors (Lipinski definition) is 0. The summed E-state index contributed by atoms with van der Waals surface area (Å²) in [6, 6.07) is 11.5. The standard InChI is InChI=1S/C19H18FNO3S/c1-4-5-14-10-15-11-18(13-6-8-16(20)9-7-13)24-19(15)12-17(14)21(2)25(3,22)23/h4,6-12H,1,5H2,2-3H3. The highest BCUT2D eigenvalue weighted by Gasteiger charge is 2.18. The van der Waals surface area contributed by atoms with Gasteiger partial charge in [0.2, 0.25) is 10.0 Å². The molecule has 0 aliphatic rings. The second-order valence-corrected chi connectivity index (χ2v) is 7.87. The molecule has 0 aliphatic heterocycles. The predicted octanol–water partition coefficient (Wildman–Crippen LogP) is 4.36. The van der Waals surface area contributed by atoms with Crippen LogP contribution in [0.4, 0.5) is 10.1 Å². The average molecular weight is 359 g/mol. The third-order valence-corrected chi connectivity index (χ3v) is 5.24. The smallest absolute Gasteiger partial charge is 0.232 e. The molecule has 0 radical (unpaired) electrons. The van der Waals surface area contributed by atoms with E-state index in [-0.39, 0.29) is 5.82 Å². The van der Waals surface area contributed by atoms with E-state index in [1.807, 2.05) is 12.1 Å². The maximum absolute atomic E-state index is 13.1. The number of hydrogen-bond acceptors (Lipinski definition) is 3. The van der Waals surface area contributed by atoms with Gasteiger partial charge < -0.3 is 4.42 Å². The minimum Gasteiger partial charge on any atom is -0.456 e. The second kappa shape index (κ2) is 6.37. The van der Waals surface area contributed by atoms with Crippen LogP contribution < -0.4 is 4.31 Å². The molecular formula is C19H18FNO3S. The zero-order chi connectivity index (χ0) is 18.2. The Kier molecular flexibility index (Phi) is 4.39. The van der Waals surface area contributed by atoms with Crippen molar-refractivity contribution in [3.05, 3.63) is 66.5 Å². The first-order valence-electron chi connectivity index (χ1n) is 7.67. The van der Waals surface area contributed by atoms with Crippen molar-refractivity contribution >= 4 is 26.7 Å². The van der Waals surface area contributed by atoms with Gasteiger partial charge in [-0.25, -0.2) is 12.8 Å². The summed E-state index contributed by atoms with van der Waals surface area (Å²) in [4.78, 5) is 0. The van der Waals surface area contributed by atoms with Crippen molar-refractivity contribution in [3.63, 3.8) is 0 Å². The van der Waals surface area contributed by atoms with Gasteiger partial charge >= 0.3 is 0 Å². The molecule has 0 fully saturated rings. The molecule has 130 valence electrons. The zero-order valence-electron chi connectivity index (χ0n) is 14.0. The molecule has 0 amide bonds. The molecule has 0 spiro atoms. The van der Waals surface area contributed by atoms with E-state index in [2.05, 4.69) is 6.58 Å². The summed E-state index contributed by atoms with van der Waals surface area (Å²) >= 11 is 0. The van der Waals surface area contributed by atoms with Crippen molar-refractivity contribution in [3.8, 4) is 11.3 Å². The highest BCUT2D eigenvalue weighted by molar-refractivity contribution is 7.92. The minimum atomic E-state index is -3.40. The van der Waals surface area contributed by atoms with Crippen LogP contribution in [0, 0.1) is 5.82 Å². The molecule has 3 aromatic rings. The lowest BCUT2D eigenvalue weighted by Gasteiger charge is -2.19. The van der Waals surface area contributed by atoms with Gasteiger partial charge in [-0.15, -0.1) is 6.58 Å². The predicted molar refractivity (Wildman–Crippen MR) is 98.8 cm³/mol. The van der Waals surface area contributed by atoms with E-state index in [4.69, 9.17) is 4.42 Å². The molecule has 0 N–H and O–H groups in total. The third kappa shape index (κ3) is 3.44. The van der Waals surface area contributed by atoms with E-state index in [0.29, 0.717) is 23.5 Å². The molecule has 0 unspecified atom stereocenters. The number of furan rings is 1. The molecule has 2 aromatic carbocycles. The first-order valence-corrected chi connectivity index (χ1v) is 9.51. The van der Waals surface area contributed by atoms with Crippen LogP contribution >= 0.6 is 0 Å². The lowest BCUT2D eigenvalue weighted by Crippen LogP contribution is -2.25. The minimum absolute atomic E-state index is 0.315. The van der Waals surface area contributed by atoms with Crippen LogP contribution in [0.1, 0.15) is 5.56 Å². The summed E-state index contributed by atoms with van der Waals surface area (Å²) in [6.45, 7) is 3.73. The summed E-state index contributed by atoms with van der Waals surface area (Å²) in [5.41, 5.74) is 2.70. The van der Waals surface area contributed by atoms with Crippen LogP contribution in [0.2, 0.25) is 0 Å². The summed E-state index contributed by atoms with van der Waals surface area (Å²) in [7, 11) is -1.89. The van der Waals surface area contributed by atoms with E-state index in [0.717, 1.165) is 22.8 Å². The van der Waals surface area contributed by atoms with Crippen molar-refractivity contribution in [1.29, 1.82) is 0 Å². The zero-order valence-corrected chi connectivity index (χ0v) is 14.8. The molecule has 0 bridgehead atoms. The molecule has 0 saturated heterocycles. The Morgan fingerprint density at radius 3 is 2.48 bits per heavy atom. The van der Waals surface area contributed by atoms with Crippen LogP contribution in [-0.4, -0.2) is 21.7 Å². The van der Waals surface area contributed by atoms with Gasteiger partial charge in [0.05, 0.1) is 11.9 Å². The topological polar surface area (TPSA) is 50.5 Å². The van der Waals surface area contributed by atoms with Crippen LogP contribution in [0.3, 0.4) is 0 Å². The third-order valence-electron chi connectivity index (χ3n) is 4.05. The Morgan fingerprint density at radius 2 is 1.88 bits per heavy atom. The average Bonchev–Trinajstić information content (AvgIpc) is 2.96. The second-order valence-electron chi connectivity index (χ2n) is 5.86. The summed E-state index contributed by atoms with van der Waals surface area (Å²) in [6.07, 6.45) is 3.41. The van der Waals surface area contributed by atoms with E-state index in [1.165, 1.54) is 23.5 Å². The SMILES string of the molecule is C=CCc1cc2cc(-c3ccc(F)cc3)oc2cc1N(C)S(C)(=O)=O. The Balaban J connectivity index is 2.16. The normalized spacial score (nSPS) is 11.6. The maximum Gasteiger partial charge on any atom is 0.232 e. The quantitative estimate of drug-likeness (QED) is 0.636. The van der Waals surface area contributed by atoms with Crippen molar-refractivity contribution < 1.29 is 17.2 Å². The lowest BCUT2D eigenvalue weighted by atomic mass is 10.1. The molecule has 6 heteroatoms. The van der Waals surface area contributed by atoms with Crippen LogP contribution in [-0.2, 0) is 16.4 Å². The maximum atomic E-state index is 13.1. The van der Waals surface area contributed by atoms with Crippen LogP contribution in [0.15, 0.2) is 59.5 Å². The molecule has 25 heavy (non-hydrogen) atoms. The summed E-state index contributed by atoms with van der Waals surface area (Å²) < 4.78 is 44.0. The van der Waals surface area contributed by atoms with Gasteiger partial charge in [-0.2, -0.15) is 0 Å². The Bertz CT molecular complexity index is 1040. The molecule has 1 aromatic heterocycles. The largest absolute Gasteiger partial charge is 0.456 e. The number of sulfonamides is 1. The summed E-state index contributed by atoms with van der Waals surface area (Å²) in [5.74, 6) is 0.281. The van der Waals surface area contributed by atoms with E-state index >= 15 is 0 Å². The summed E-state index contributed by atoms with van der Waals surface area (Å²) in [5, 5.41) is 0.849. The van der Waals surface area contributed by atoms with E-state index < -0.39 is 10.0 Å². The van der Waals surface area contributed by atoms with Gasteiger partial charge in [0.25, 0.3) is 0 Å². The first kappa shape index (κ1) is 17.2. The highest BCUT2D eigenvalue weighted by atomic mass is 32.2. The molecule has 0 aliphatic carbocycles. The van der Waals surface area contributed by atoms with Crippen molar-refractivity contribution in [2.45, 2.75) is 6.42 Å². The molecule has 0 saturated carbocycles. The van der Waals surface area contributed by atoms with Gasteiger partial charge in [-0.3, -0.25) is 4.31 Å². The number of benzene rings is 2. The van der Waals surface area contributed by atoms with Gasteiger partial charge in [-0.05, 0) is 48.4 Å². The van der Waals surface area contributed by atoms with E-state index in [9.17, 15) is 12.8 Å². The van der Waals surface area contributed by atoms with Crippen LogP contribution in [0.25, 0.3) is 22.3 Å². The molecule has 0 atom stereocenters. The first-order chi connectivity index (χ1) is 11.8. The van der Waals surface area contributed by atoms with Gasteiger partial charge in [-0.1, -0.05) is 6.08 Å². The lowest BCUT2D eigenvalue weighted by molar-refractivity contribution is 0.600. The fourth-order valence-corrected chi connectivity index (χ4v) is 3.20. The Labute approximate surface area is 146 Å². The Hall–Kier alpha value is -2.60. The molecule has 3 rings (SSSR count). The number of anilines is 1. The highest BCUT2D eigenvalue weighted by Crippen LogP contribution is 2.33. The number of fused-ring (bicyclic) bond motifs is 1. The van der Waals surface area contributed by atoms with Gasteiger partial charge in [0, 0.05) is 24.1 Å². The van der Waals surface area contributed by atoms with Crippen LogP contribution in [0.5, 0.6) is 0 Å². The fourth-order valence-electron chi connectivity index (χ4n) is 2.67. The number of rotatable bonds is 5. The fraction of sp³-hybridized carbons (Fsp3) is 0.158.